The van der Waals surface area contributed by atoms with E-state index in [-0.39, 0.29) is 0 Å². The van der Waals surface area contributed by atoms with E-state index in [9.17, 15) is 0 Å². The van der Waals surface area contributed by atoms with Crippen LogP contribution in [0.4, 0.5) is 0 Å². The summed E-state index contributed by atoms with van der Waals surface area (Å²) in [5, 5.41) is 3.13. The Morgan fingerprint density at radius 1 is 1.15 bits per heavy atom. The van der Waals surface area contributed by atoms with Gasteiger partial charge in [-0.05, 0) is 36.4 Å². The predicted octanol–water partition coefficient (Wildman–Crippen LogP) is 2.43. The molecule has 0 spiro atoms. The molecule has 0 aliphatic carbocycles. The molecule has 0 radical (unpaired) electrons. The van der Waals surface area contributed by atoms with E-state index < -0.39 is 0 Å². The number of hydrogen-bond donors (Lipinski definition) is 1. The highest BCUT2D eigenvalue weighted by Crippen LogP contribution is 2.28. The van der Waals surface area contributed by atoms with Crippen molar-refractivity contribution < 1.29 is 9.47 Å². The van der Waals surface area contributed by atoms with E-state index in [1.807, 2.05) is 43.6 Å². The van der Waals surface area contributed by atoms with Gasteiger partial charge in [0.1, 0.15) is 0 Å². The molecule has 0 aliphatic rings. The van der Waals surface area contributed by atoms with Crippen molar-refractivity contribution in [2.24, 2.45) is 0 Å². The SMILES string of the molecule is CNCc1ccc(OC)c(OCCc2cccnc2)c1. The average Bonchev–Trinajstić information content (AvgIpc) is 2.49. The molecular weight excluding hydrogens is 252 g/mol. The van der Waals surface area contributed by atoms with E-state index >= 15 is 0 Å². The maximum atomic E-state index is 5.84. The van der Waals surface area contributed by atoms with Crippen molar-refractivity contribution in [1.82, 2.24) is 10.3 Å². The predicted molar refractivity (Wildman–Crippen MR) is 79.2 cm³/mol. The van der Waals surface area contributed by atoms with E-state index in [0.717, 1.165) is 30.0 Å². The molecule has 106 valence electrons. The number of rotatable bonds is 7. The number of nitrogens with zero attached hydrogens (tertiary/aromatic N) is 1. The summed E-state index contributed by atoms with van der Waals surface area (Å²) in [6.07, 6.45) is 4.46. The van der Waals surface area contributed by atoms with Crippen LogP contribution in [0.2, 0.25) is 0 Å². The van der Waals surface area contributed by atoms with Gasteiger partial charge in [-0.15, -0.1) is 0 Å². The van der Waals surface area contributed by atoms with Gasteiger partial charge in [0.05, 0.1) is 13.7 Å². The molecular formula is C16H20N2O2. The largest absolute Gasteiger partial charge is 0.493 e. The zero-order valence-electron chi connectivity index (χ0n) is 11.9. The highest BCUT2D eigenvalue weighted by molar-refractivity contribution is 5.43. The van der Waals surface area contributed by atoms with Crippen molar-refractivity contribution in [3.8, 4) is 11.5 Å². The van der Waals surface area contributed by atoms with Crippen LogP contribution < -0.4 is 14.8 Å². The van der Waals surface area contributed by atoms with Gasteiger partial charge in [0.15, 0.2) is 11.5 Å². The molecule has 0 bridgehead atoms. The fourth-order valence-corrected chi connectivity index (χ4v) is 1.97. The molecule has 1 heterocycles. The monoisotopic (exact) mass is 272 g/mol. The topological polar surface area (TPSA) is 43.4 Å². The van der Waals surface area contributed by atoms with Crippen LogP contribution in [0.15, 0.2) is 42.7 Å². The first-order valence-electron chi connectivity index (χ1n) is 6.66. The molecule has 2 aromatic rings. The summed E-state index contributed by atoms with van der Waals surface area (Å²) in [6, 6.07) is 9.96. The second-order valence-electron chi connectivity index (χ2n) is 4.48. The van der Waals surface area contributed by atoms with Gasteiger partial charge in [0.25, 0.3) is 0 Å². The Kier molecular flexibility index (Phi) is 5.38. The quantitative estimate of drug-likeness (QED) is 0.840. The smallest absolute Gasteiger partial charge is 0.161 e. The minimum absolute atomic E-state index is 0.602. The van der Waals surface area contributed by atoms with Crippen LogP contribution in [0.25, 0.3) is 0 Å². The molecule has 1 N–H and O–H groups in total. The fourth-order valence-electron chi connectivity index (χ4n) is 1.97. The lowest BCUT2D eigenvalue weighted by atomic mass is 10.2. The van der Waals surface area contributed by atoms with Gasteiger partial charge in [-0.3, -0.25) is 4.98 Å². The maximum Gasteiger partial charge on any atom is 0.161 e. The zero-order chi connectivity index (χ0) is 14.2. The number of aromatic nitrogens is 1. The third-order valence-corrected chi connectivity index (χ3v) is 2.98. The van der Waals surface area contributed by atoms with Gasteiger partial charge in [-0.2, -0.15) is 0 Å². The summed E-state index contributed by atoms with van der Waals surface area (Å²) in [7, 11) is 3.58. The lowest BCUT2D eigenvalue weighted by molar-refractivity contribution is 0.297. The molecule has 0 aliphatic heterocycles. The summed E-state index contributed by atoms with van der Waals surface area (Å²) in [5.41, 5.74) is 2.34. The van der Waals surface area contributed by atoms with Crippen molar-refractivity contribution in [1.29, 1.82) is 0 Å². The lowest BCUT2D eigenvalue weighted by Gasteiger charge is -2.12. The zero-order valence-corrected chi connectivity index (χ0v) is 11.9. The minimum atomic E-state index is 0.602. The summed E-state index contributed by atoms with van der Waals surface area (Å²) < 4.78 is 11.2. The maximum absolute atomic E-state index is 5.84. The summed E-state index contributed by atoms with van der Waals surface area (Å²) in [4.78, 5) is 4.09. The third kappa shape index (κ3) is 3.96. The van der Waals surface area contributed by atoms with Gasteiger partial charge in [0.2, 0.25) is 0 Å². The molecule has 1 aromatic carbocycles. The van der Waals surface area contributed by atoms with Gasteiger partial charge >= 0.3 is 0 Å². The van der Waals surface area contributed by atoms with Crippen LogP contribution in [-0.4, -0.2) is 25.7 Å². The van der Waals surface area contributed by atoms with Crippen molar-refractivity contribution in [3.63, 3.8) is 0 Å². The summed E-state index contributed by atoms with van der Waals surface area (Å²) >= 11 is 0. The Labute approximate surface area is 119 Å². The standard InChI is InChI=1S/C16H20N2O2/c1-17-11-14-5-6-15(19-2)16(10-14)20-9-7-13-4-3-8-18-12-13/h3-6,8,10,12,17H,7,9,11H2,1-2H3. The Bertz CT molecular complexity index is 529. The summed E-state index contributed by atoms with van der Waals surface area (Å²) in [6.45, 7) is 1.41. The molecule has 20 heavy (non-hydrogen) atoms. The van der Waals surface area contributed by atoms with E-state index in [4.69, 9.17) is 9.47 Å². The minimum Gasteiger partial charge on any atom is -0.493 e. The molecule has 2 rings (SSSR count). The second kappa shape index (κ2) is 7.50. The summed E-state index contributed by atoms with van der Waals surface area (Å²) in [5.74, 6) is 1.54. The van der Waals surface area contributed by atoms with E-state index in [1.54, 1.807) is 13.3 Å². The lowest BCUT2D eigenvalue weighted by Crippen LogP contribution is -2.07. The Balaban J connectivity index is 1.98. The van der Waals surface area contributed by atoms with Crippen LogP contribution in [0.5, 0.6) is 11.5 Å². The molecule has 1 aromatic heterocycles. The van der Waals surface area contributed by atoms with Crippen LogP contribution in [0.3, 0.4) is 0 Å². The first kappa shape index (κ1) is 14.3. The second-order valence-corrected chi connectivity index (χ2v) is 4.48. The number of ether oxygens (including phenoxy) is 2. The number of nitrogens with one attached hydrogen (secondary N) is 1. The first-order chi connectivity index (χ1) is 9.83. The average molecular weight is 272 g/mol. The van der Waals surface area contributed by atoms with Crippen molar-refractivity contribution in [2.45, 2.75) is 13.0 Å². The Morgan fingerprint density at radius 2 is 2.05 bits per heavy atom. The van der Waals surface area contributed by atoms with Crippen LogP contribution in [-0.2, 0) is 13.0 Å². The third-order valence-electron chi connectivity index (χ3n) is 2.98. The molecule has 4 heteroatoms. The van der Waals surface area contributed by atoms with Crippen molar-refractivity contribution in [2.75, 3.05) is 20.8 Å². The number of methoxy groups -OCH3 is 1. The van der Waals surface area contributed by atoms with Crippen LogP contribution >= 0.6 is 0 Å². The van der Waals surface area contributed by atoms with Gasteiger partial charge in [-0.25, -0.2) is 0 Å². The first-order valence-corrected chi connectivity index (χ1v) is 6.66. The molecule has 0 atom stereocenters. The van der Waals surface area contributed by atoms with E-state index in [0.29, 0.717) is 6.61 Å². The Hall–Kier alpha value is -2.07. The normalized spacial score (nSPS) is 10.3. The number of benzene rings is 1. The van der Waals surface area contributed by atoms with Gasteiger partial charge in [-0.1, -0.05) is 12.1 Å². The van der Waals surface area contributed by atoms with Gasteiger partial charge < -0.3 is 14.8 Å². The van der Waals surface area contributed by atoms with E-state index in [1.165, 1.54) is 5.56 Å². The fraction of sp³-hybridized carbons (Fsp3) is 0.312. The molecule has 0 saturated carbocycles. The number of hydrogen-bond acceptors (Lipinski definition) is 4. The molecule has 0 fully saturated rings. The molecule has 0 saturated heterocycles. The van der Waals surface area contributed by atoms with Crippen molar-refractivity contribution in [3.05, 3.63) is 53.9 Å². The highest BCUT2D eigenvalue weighted by atomic mass is 16.5. The molecule has 0 amide bonds. The van der Waals surface area contributed by atoms with Crippen LogP contribution in [0, 0.1) is 0 Å². The Morgan fingerprint density at radius 3 is 2.75 bits per heavy atom. The van der Waals surface area contributed by atoms with Gasteiger partial charge in [0, 0.05) is 25.4 Å². The van der Waals surface area contributed by atoms with E-state index in [2.05, 4.69) is 10.3 Å². The number of pyridine rings is 1. The molecule has 4 nitrogen and oxygen atoms in total. The van der Waals surface area contributed by atoms with Crippen LogP contribution in [0.1, 0.15) is 11.1 Å². The highest BCUT2D eigenvalue weighted by Gasteiger charge is 2.05. The molecule has 0 unspecified atom stereocenters. The van der Waals surface area contributed by atoms with Crippen molar-refractivity contribution >= 4 is 0 Å².